The fraction of sp³-hybridized carbons (Fsp3) is 0.333. The van der Waals surface area contributed by atoms with Gasteiger partial charge in [-0.3, -0.25) is 9.69 Å². The van der Waals surface area contributed by atoms with Crippen LogP contribution in [0.15, 0.2) is 23.1 Å². The normalized spacial score (nSPS) is 16.4. The molecule has 1 aromatic carbocycles. The zero-order chi connectivity index (χ0) is 14.0. The van der Waals surface area contributed by atoms with Crippen molar-refractivity contribution in [3.05, 3.63) is 28.2 Å². The third-order valence-corrected chi connectivity index (χ3v) is 4.49. The number of nitrogens with one attached hydrogen (secondary N) is 1. The Morgan fingerprint density at radius 3 is 2.84 bits per heavy atom. The summed E-state index contributed by atoms with van der Waals surface area (Å²) in [5.74, 6) is -0.226. The van der Waals surface area contributed by atoms with E-state index in [9.17, 15) is 9.59 Å². The van der Waals surface area contributed by atoms with Crippen LogP contribution in [0.3, 0.4) is 0 Å². The maximum Gasteiger partial charge on any atom is 0.324 e. The van der Waals surface area contributed by atoms with Crippen LogP contribution < -0.4 is 5.32 Å². The van der Waals surface area contributed by atoms with Gasteiger partial charge in [-0.1, -0.05) is 23.2 Å². The highest BCUT2D eigenvalue weighted by molar-refractivity contribution is 8.00. The molecule has 1 heterocycles. The highest BCUT2D eigenvalue weighted by atomic mass is 35.5. The molecule has 0 bridgehead atoms. The number of urea groups is 1. The van der Waals surface area contributed by atoms with E-state index in [1.807, 2.05) is 0 Å². The second-order valence-corrected chi connectivity index (χ2v) is 6.28. The van der Waals surface area contributed by atoms with Gasteiger partial charge >= 0.3 is 6.03 Å². The molecule has 7 heteroatoms. The van der Waals surface area contributed by atoms with E-state index in [1.165, 1.54) is 16.7 Å². The zero-order valence-electron chi connectivity index (χ0n) is 10.2. The number of halogens is 2. The summed E-state index contributed by atoms with van der Waals surface area (Å²) in [6, 6.07) is 4.75. The largest absolute Gasteiger partial charge is 0.336 e. The first-order valence-electron chi connectivity index (χ1n) is 5.70. The highest BCUT2D eigenvalue weighted by Gasteiger charge is 2.30. The quantitative estimate of drug-likeness (QED) is 0.871. The molecule has 1 atom stereocenters. The number of thioether (sulfide) groups is 1. The van der Waals surface area contributed by atoms with Crippen molar-refractivity contribution in [3.63, 3.8) is 0 Å². The van der Waals surface area contributed by atoms with E-state index in [0.29, 0.717) is 23.1 Å². The van der Waals surface area contributed by atoms with Crippen LogP contribution in [0.4, 0.5) is 4.79 Å². The van der Waals surface area contributed by atoms with E-state index in [0.717, 1.165) is 4.90 Å². The number of benzene rings is 1. The molecular formula is C12H12Cl2N2O2S. The van der Waals surface area contributed by atoms with Gasteiger partial charge in [0.05, 0.1) is 10.3 Å². The minimum atomic E-state index is -0.403. The number of amides is 3. The van der Waals surface area contributed by atoms with E-state index in [2.05, 4.69) is 5.32 Å². The van der Waals surface area contributed by atoms with Gasteiger partial charge in [0.25, 0.3) is 0 Å². The van der Waals surface area contributed by atoms with E-state index in [1.54, 1.807) is 25.1 Å². The Morgan fingerprint density at radius 1 is 1.47 bits per heavy atom. The molecule has 0 aromatic heterocycles. The van der Waals surface area contributed by atoms with Crippen molar-refractivity contribution in [2.24, 2.45) is 0 Å². The molecule has 2 rings (SSSR count). The van der Waals surface area contributed by atoms with Gasteiger partial charge in [-0.25, -0.2) is 4.79 Å². The van der Waals surface area contributed by atoms with Crippen LogP contribution >= 0.6 is 35.0 Å². The van der Waals surface area contributed by atoms with E-state index in [-0.39, 0.29) is 11.9 Å². The third kappa shape index (κ3) is 3.35. The van der Waals surface area contributed by atoms with Gasteiger partial charge in [0.2, 0.25) is 5.91 Å². The number of rotatable bonds is 3. The van der Waals surface area contributed by atoms with Crippen LogP contribution in [0.1, 0.15) is 6.92 Å². The van der Waals surface area contributed by atoms with Gasteiger partial charge in [0.15, 0.2) is 0 Å². The first-order chi connectivity index (χ1) is 8.99. The number of hydrogen-bond donors (Lipinski definition) is 1. The maximum atomic E-state index is 12.1. The molecule has 102 valence electrons. The van der Waals surface area contributed by atoms with Crippen LogP contribution in [0.2, 0.25) is 10.0 Å². The molecule has 3 amide bonds. The predicted octanol–water partition coefficient (Wildman–Crippen LogP) is 3.03. The molecule has 0 saturated carbocycles. The van der Waals surface area contributed by atoms with E-state index < -0.39 is 5.25 Å². The number of hydrogen-bond acceptors (Lipinski definition) is 3. The second-order valence-electron chi connectivity index (χ2n) is 4.06. The molecule has 4 nitrogen and oxygen atoms in total. The van der Waals surface area contributed by atoms with Gasteiger partial charge in [-0.15, -0.1) is 11.8 Å². The SMILES string of the molecule is CC(Sc1cc(Cl)ccc1Cl)C(=O)N1CCNC1=O. The average Bonchev–Trinajstić information content (AvgIpc) is 2.79. The molecule has 0 radical (unpaired) electrons. The van der Waals surface area contributed by atoms with Crippen molar-refractivity contribution in [1.29, 1.82) is 0 Å². The molecule has 1 aromatic rings. The molecular weight excluding hydrogens is 307 g/mol. The summed E-state index contributed by atoms with van der Waals surface area (Å²) in [5.41, 5.74) is 0. The van der Waals surface area contributed by atoms with Gasteiger partial charge < -0.3 is 5.32 Å². The highest BCUT2D eigenvalue weighted by Crippen LogP contribution is 2.33. The van der Waals surface area contributed by atoms with Crippen LogP contribution in [0, 0.1) is 0 Å². The average molecular weight is 319 g/mol. The van der Waals surface area contributed by atoms with Crippen LogP contribution in [-0.4, -0.2) is 35.2 Å². The lowest BCUT2D eigenvalue weighted by molar-refractivity contribution is -0.126. The Bertz CT molecular complexity index is 524. The summed E-state index contributed by atoms with van der Waals surface area (Å²) < 4.78 is 0. The maximum absolute atomic E-state index is 12.1. The molecule has 1 unspecified atom stereocenters. The lowest BCUT2D eigenvalue weighted by Gasteiger charge is -2.17. The van der Waals surface area contributed by atoms with Crippen molar-refractivity contribution in [2.75, 3.05) is 13.1 Å². The van der Waals surface area contributed by atoms with Gasteiger partial charge in [0, 0.05) is 23.0 Å². The Kier molecular flexibility index (Phi) is 4.60. The molecule has 1 saturated heterocycles. The van der Waals surface area contributed by atoms with Crippen molar-refractivity contribution in [2.45, 2.75) is 17.1 Å². The molecule has 0 aliphatic carbocycles. The molecule has 1 aliphatic heterocycles. The van der Waals surface area contributed by atoms with Crippen molar-refractivity contribution in [3.8, 4) is 0 Å². The Balaban J connectivity index is 2.08. The number of carbonyl (C=O) groups is 2. The van der Waals surface area contributed by atoms with E-state index >= 15 is 0 Å². The molecule has 1 N–H and O–H groups in total. The minimum absolute atomic E-state index is 0.226. The van der Waals surface area contributed by atoms with Crippen LogP contribution in [-0.2, 0) is 4.79 Å². The standard InChI is InChI=1S/C12H12Cl2N2O2S/c1-7(11(17)16-5-4-15-12(16)18)19-10-6-8(13)2-3-9(10)14/h2-3,6-7H,4-5H2,1H3,(H,15,18). The van der Waals surface area contributed by atoms with Crippen LogP contribution in [0.25, 0.3) is 0 Å². The van der Waals surface area contributed by atoms with Gasteiger partial charge in [-0.05, 0) is 25.1 Å². The zero-order valence-corrected chi connectivity index (χ0v) is 12.5. The van der Waals surface area contributed by atoms with Crippen molar-refractivity contribution in [1.82, 2.24) is 10.2 Å². The monoisotopic (exact) mass is 318 g/mol. The second kappa shape index (κ2) is 6.03. The van der Waals surface area contributed by atoms with Crippen LogP contribution in [0.5, 0.6) is 0 Å². The molecule has 19 heavy (non-hydrogen) atoms. The lowest BCUT2D eigenvalue weighted by atomic mass is 10.4. The molecule has 1 aliphatic rings. The summed E-state index contributed by atoms with van der Waals surface area (Å²) in [6.07, 6.45) is 0. The van der Waals surface area contributed by atoms with Crippen molar-refractivity contribution < 1.29 is 9.59 Å². The van der Waals surface area contributed by atoms with Gasteiger partial charge in [0.1, 0.15) is 0 Å². The summed E-state index contributed by atoms with van der Waals surface area (Å²) in [7, 11) is 0. The molecule has 1 fully saturated rings. The number of carbonyl (C=O) groups excluding carboxylic acids is 2. The summed E-state index contributed by atoms with van der Waals surface area (Å²) in [4.78, 5) is 25.5. The summed E-state index contributed by atoms with van der Waals surface area (Å²) in [5, 5.41) is 3.30. The first kappa shape index (κ1) is 14.5. The Hall–Kier alpha value is -0.910. The third-order valence-electron chi connectivity index (χ3n) is 2.67. The topological polar surface area (TPSA) is 49.4 Å². The van der Waals surface area contributed by atoms with E-state index in [4.69, 9.17) is 23.2 Å². The summed E-state index contributed by atoms with van der Waals surface area (Å²) >= 11 is 13.2. The Morgan fingerprint density at radius 2 is 2.21 bits per heavy atom. The fourth-order valence-corrected chi connectivity index (χ4v) is 3.18. The molecule has 0 spiro atoms. The first-order valence-corrected chi connectivity index (χ1v) is 7.33. The number of nitrogens with zero attached hydrogens (tertiary/aromatic N) is 1. The minimum Gasteiger partial charge on any atom is -0.336 e. The Labute approximate surface area is 125 Å². The number of imide groups is 1. The summed E-state index contributed by atoms with van der Waals surface area (Å²) in [6.45, 7) is 2.65. The lowest BCUT2D eigenvalue weighted by Crippen LogP contribution is -2.38. The predicted molar refractivity (Wildman–Crippen MR) is 76.9 cm³/mol. The van der Waals surface area contributed by atoms with Crippen molar-refractivity contribution >= 4 is 46.9 Å². The smallest absolute Gasteiger partial charge is 0.324 e. The van der Waals surface area contributed by atoms with Gasteiger partial charge in [-0.2, -0.15) is 0 Å². The fourth-order valence-electron chi connectivity index (χ4n) is 1.71.